The van der Waals surface area contributed by atoms with Crippen LogP contribution in [0.4, 0.5) is 5.82 Å². The van der Waals surface area contributed by atoms with Crippen LogP contribution in [0.15, 0.2) is 12.7 Å². The first kappa shape index (κ1) is 17.2. The fraction of sp³-hybridized carbons (Fsp3) is 0.667. The van der Waals surface area contributed by atoms with Gasteiger partial charge in [-0.25, -0.2) is 15.0 Å². The fourth-order valence-corrected chi connectivity index (χ4v) is 4.25. The Hall–Kier alpha value is -2.22. The van der Waals surface area contributed by atoms with Crippen molar-refractivity contribution in [3.63, 3.8) is 0 Å². The summed E-state index contributed by atoms with van der Waals surface area (Å²) < 4.78 is 0. The summed E-state index contributed by atoms with van der Waals surface area (Å²) >= 11 is 0. The van der Waals surface area contributed by atoms with Gasteiger partial charge in [-0.05, 0) is 38.8 Å². The highest BCUT2D eigenvalue weighted by molar-refractivity contribution is 5.83. The monoisotopic (exact) mass is 357 g/mol. The summed E-state index contributed by atoms with van der Waals surface area (Å²) in [7, 11) is 0. The number of rotatable bonds is 5. The number of nitrogens with one attached hydrogen (secondary N) is 2. The zero-order valence-electron chi connectivity index (χ0n) is 15.3. The van der Waals surface area contributed by atoms with Crippen LogP contribution in [0.5, 0.6) is 0 Å². The molecular formula is C18H27N7O. The van der Waals surface area contributed by atoms with E-state index in [0.717, 1.165) is 56.9 Å². The number of hydrogen-bond acceptors (Lipinski definition) is 6. The number of likely N-dealkylation sites (N-methyl/N-ethyl adjacent to an activating group) is 1. The maximum Gasteiger partial charge on any atom is 0.223 e. The lowest BCUT2D eigenvalue weighted by Gasteiger charge is -2.32. The number of nitrogens with zero attached hydrogens (tertiary/aromatic N) is 5. The molecule has 0 aromatic carbocycles. The number of imidazole rings is 1. The van der Waals surface area contributed by atoms with E-state index in [1.54, 1.807) is 12.7 Å². The molecule has 0 aliphatic carbocycles. The molecule has 2 saturated heterocycles. The van der Waals surface area contributed by atoms with Crippen LogP contribution in [0.1, 0.15) is 32.6 Å². The second-order valence-electron chi connectivity index (χ2n) is 7.23. The number of likely N-dealkylation sites (tertiary alicyclic amines) is 1. The van der Waals surface area contributed by atoms with Crippen molar-refractivity contribution in [3.05, 3.63) is 12.7 Å². The van der Waals surface area contributed by atoms with E-state index in [0.29, 0.717) is 11.7 Å². The molecule has 2 aromatic rings. The van der Waals surface area contributed by atoms with Gasteiger partial charge in [-0.1, -0.05) is 6.92 Å². The predicted octanol–water partition coefficient (Wildman–Crippen LogP) is 1.17. The molecule has 1 amide bonds. The van der Waals surface area contributed by atoms with Crippen LogP contribution in [-0.2, 0) is 4.79 Å². The lowest BCUT2D eigenvalue weighted by Crippen LogP contribution is -2.45. The number of H-pyrrole nitrogens is 1. The zero-order valence-corrected chi connectivity index (χ0v) is 15.3. The highest BCUT2D eigenvalue weighted by Gasteiger charge is 2.28. The third-order valence-corrected chi connectivity index (χ3v) is 5.79. The summed E-state index contributed by atoms with van der Waals surface area (Å²) in [5.74, 6) is 1.19. The number of aromatic nitrogens is 4. The van der Waals surface area contributed by atoms with Gasteiger partial charge < -0.3 is 15.2 Å². The van der Waals surface area contributed by atoms with Crippen molar-refractivity contribution >= 4 is 22.9 Å². The number of aromatic amines is 1. The Kier molecular flexibility index (Phi) is 5.01. The van der Waals surface area contributed by atoms with Crippen LogP contribution in [-0.4, -0.2) is 69.5 Å². The van der Waals surface area contributed by atoms with E-state index in [-0.39, 0.29) is 11.8 Å². The van der Waals surface area contributed by atoms with Crippen molar-refractivity contribution in [1.29, 1.82) is 0 Å². The number of carbonyl (C=O) groups is 1. The third kappa shape index (κ3) is 3.38. The second kappa shape index (κ2) is 7.57. The number of piperidine rings is 1. The molecule has 2 N–H and O–H groups in total. The second-order valence-corrected chi connectivity index (χ2v) is 7.23. The number of anilines is 1. The summed E-state index contributed by atoms with van der Waals surface area (Å²) in [6, 6.07) is 0.513. The number of fused-ring (bicyclic) bond motifs is 1. The molecule has 0 radical (unpaired) electrons. The Morgan fingerprint density at radius 2 is 2.08 bits per heavy atom. The van der Waals surface area contributed by atoms with E-state index in [1.807, 2.05) is 0 Å². The molecule has 0 spiro atoms. The summed E-state index contributed by atoms with van der Waals surface area (Å²) in [5.41, 5.74) is 1.56. The Labute approximate surface area is 153 Å². The van der Waals surface area contributed by atoms with Crippen molar-refractivity contribution < 1.29 is 4.79 Å². The molecule has 2 aliphatic rings. The van der Waals surface area contributed by atoms with Crippen LogP contribution >= 0.6 is 0 Å². The Bertz CT molecular complexity index is 753. The molecule has 4 heterocycles. The van der Waals surface area contributed by atoms with Crippen molar-refractivity contribution in [1.82, 2.24) is 30.2 Å². The Balaban J connectivity index is 1.30. The van der Waals surface area contributed by atoms with Crippen molar-refractivity contribution in [2.45, 2.75) is 38.6 Å². The summed E-state index contributed by atoms with van der Waals surface area (Å²) in [6.07, 6.45) is 7.35. The van der Waals surface area contributed by atoms with Crippen LogP contribution in [0.3, 0.4) is 0 Å². The average Bonchev–Trinajstić information content (AvgIpc) is 3.34. The van der Waals surface area contributed by atoms with Crippen LogP contribution in [0.25, 0.3) is 11.2 Å². The van der Waals surface area contributed by atoms with Gasteiger partial charge in [-0.2, -0.15) is 0 Å². The molecule has 0 unspecified atom stereocenters. The summed E-state index contributed by atoms with van der Waals surface area (Å²) in [5, 5.41) is 3.20. The van der Waals surface area contributed by atoms with Crippen molar-refractivity contribution in [2.75, 3.05) is 37.6 Å². The largest absolute Gasteiger partial charge is 0.355 e. The van der Waals surface area contributed by atoms with Crippen LogP contribution in [0.2, 0.25) is 0 Å². The van der Waals surface area contributed by atoms with Gasteiger partial charge in [0.05, 0.1) is 6.33 Å². The Morgan fingerprint density at radius 3 is 2.88 bits per heavy atom. The molecule has 140 valence electrons. The smallest absolute Gasteiger partial charge is 0.223 e. The minimum Gasteiger partial charge on any atom is -0.355 e. The number of carbonyl (C=O) groups excluding carboxylic acids is 1. The highest BCUT2D eigenvalue weighted by atomic mass is 16.1. The minimum absolute atomic E-state index is 0.0989. The van der Waals surface area contributed by atoms with Gasteiger partial charge in [0.15, 0.2) is 11.5 Å². The molecule has 1 atom stereocenters. The number of amides is 1. The first-order valence-corrected chi connectivity index (χ1v) is 9.67. The quantitative estimate of drug-likeness (QED) is 0.835. The van der Waals surface area contributed by atoms with Crippen molar-refractivity contribution in [2.24, 2.45) is 5.92 Å². The van der Waals surface area contributed by atoms with Gasteiger partial charge in [0, 0.05) is 31.6 Å². The molecule has 26 heavy (non-hydrogen) atoms. The summed E-state index contributed by atoms with van der Waals surface area (Å²) in [6.45, 7) is 6.87. The first-order valence-electron chi connectivity index (χ1n) is 9.67. The molecule has 0 bridgehead atoms. The molecule has 4 rings (SSSR count). The van der Waals surface area contributed by atoms with Crippen LogP contribution in [0, 0.1) is 5.92 Å². The normalized spacial score (nSPS) is 22.2. The summed E-state index contributed by atoms with van der Waals surface area (Å²) in [4.78, 5) is 33.2. The SMILES string of the molecule is CCN1CCC[C@H]1CNC(=O)C1CCN(c2ncnc3nc[nH]c23)CC1. The predicted molar refractivity (Wildman–Crippen MR) is 99.9 cm³/mol. The van der Waals surface area contributed by atoms with Gasteiger partial charge in [0.25, 0.3) is 0 Å². The molecule has 2 aliphatic heterocycles. The fourth-order valence-electron chi connectivity index (χ4n) is 4.25. The van der Waals surface area contributed by atoms with Gasteiger partial charge in [0.2, 0.25) is 5.91 Å². The van der Waals surface area contributed by atoms with Gasteiger partial charge in [-0.3, -0.25) is 9.69 Å². The topological polar surface area (TPSA) is 90.0 Å². The number of hydrogen-bond donors (Lipinski definition) is 2. The highest BCUT2D eigenvalue weighted by Crippen LogP contribution is 2.26. The van der Waals surface area contributed by atoms with E-state index in [1.165, 1.54) is 12.8 Å². The average molecular weight is 357 g/mol. The van der Waals surface area contributed by atoms with E-state index >= 15 is 0 Å². The molecule has 2 fully saturated rings. The van der Waals surface area contributed by atoms with E-state index < -0.39 is 0 Å². The van der Waals surface area contributed by atoms with E-state index in [2.05, 4.69) is 42.0 Å². The van der Waals surface area contributed by atoms with E-state index in [4.69, 9.17) is 0 Å². The van der Waals surface area contributed by atoms with Gasteiger partial charge in [0.1, 0.15) is 11.8 Å². The molecule has 8 nitrogen and oxygen atoms in total. The maximum absolute atomic E-state index is 12.6. The maximum atomic E-state index is 12.6. The molecule has 2 aromatic heterocycles. The third-order valence-electron chi connectivity index (χ3n) is 5.79. The van der Waals surface area contributed by atoms with Gasteiger partial charge >= 0.3 is 0 Å². The lowest BCUT2D eigenvalue weighted by molar-refractivity contribution is -0.125. The standard InChI is InChI=1S/C18H27N7O/c1-2-24-7-3-4-14(24)10-19-18(26)13-5-8-25(9-6-13)17-15-16(21-11-20-15)22-12-23-17/h11-14H,2-10H2,1H3,(H,19,26)(H,20,21,22,23)/t14-/m0/s1. The van der Waals surface area contributed by atoms with Crippen LogP contribution < -0.4 is 10.2 Å². The molecule has 0 saturated carbocycles. The van der Waals surface area contributed by atoms with Gasteiger partial charge in [-0.15, -0.1) is 0 Å². The lowest BCUT2D eigenvalue weighted by atomic mass is 9.95. The minimum atomic E-state index is 0.0989. The molecular weight excluding hydrogens is 330 g/mol. The Morgan fingerprint density at radius 1 is 1.23 bits per heavy atom. The first-order chi connectivity index (χ1) is 12.8. The zero-order chi connectivity index (χ0) is 17.9. The van der Waals surface area contributed by atoms with E-state index in [9.17, 15) is 4.79 Å². The molecule has 8 heteroatoms. The van der Waals surface area contributed by atoms with Crippen molar-refractivity contribution in [3.8, 4) is 0 Å².